The van der Waals surface area contributed by atoms with Crippen molar-refractivity contribution in [1.82, 2.24) is 0 Å². The van der Waals surface area contributed by atoms with Gasteiger partial charge in [0, 0.05) is 13.1 Å². The summed E-state index contributed by atoms with van der Waals surface area (Å²) < 4.78 is 6.91. The van der Waals surface area contributed by atoms with E-state index in [0.717, 1.165) is 17.0 Å². The van der Waals surface area contributed by atoms with Crippen LogP contribution in [-0.2, 0) is 4.79 Å². The number of phenols is 1. The molecule has 2 aromatic rings. The number of anilines is 1. The van der Waals surface area contributed by atoms with Crippen LogP contribution in [0.25, 0.3) is 0 Å². The number of aliphatic imine (C=N–C) groups is 1. The second-order valence-corrected chi connectivity index (χ2v) is 5.76. The van der Waals surface area contributed by atoms with Crippen molar-refractivity contribution < 1.29 is 19.3 Å². The van der Waals surface area contributed by atoms with Gasteiger partial charge < -0.3 is 9.84 Å². The summed E-state index contributed by atoms with van der Waals surface area (Å²) in [4.78, 5) is 17.3. The van der Waals surface area contributed by atoms with Crippen molar-refractivity contribution in [2.24, 2.45) is 4.99 Å². The number of aromatic hydroxyl groups is 1. The van der Waals surface area contributed by atoms with Crippen LogP contribution in [0.4, 0.5) is 5.69 Å². The summed E-state index contributed by atoms with van der Waals surface area (Å²) in [7, 11) is 3.33. The van der Waals surface area contributed by atoms with Crippen LogP contribution >= 0.6 is 0 Å². The van der Waals surface area contributed by atoms with Crippen molar-refractivity contribution in [3.05, 3.63) is 54.1 Å². The molecule has 1 aliphatic rings. The van der Waals surface area contributed by atoms with Gasteiger partial charge in [-0.3, -0.25) is 9.79 Å². The largest absolute Gasteiger partial charge is 0.504 e. The first-order chi connectivity index (χ1) is 12.0. The highest BCUT2D eigenvalue weighted by Gasteiger charge is 2.44. The Hall–Kier alpha value is -3.15. The zero-order valence-corrected chi connectivity index (χ0v) is 14.4. The van der Waals surface area contributed by atoms with Gasteiger partial charge in [0.15, 0.2) is 18.5 Å². The Kier molecular flexibility index (Phi) is 4.52. The second kappa shape index (κ2) is 6.76. The van der Waals surface area contributed by atoms with Crippen molar-refractivity contribution in [3.8, 4) is 11.5 Å². The smallest absolute Gasteiger partial charge is 0.318 e. The van der Waals surface area contributed by atoms with Crippen LogP contribution in [0.1, 0.15) is 12.5 Å². The van der Waals surface area contributed by atoms with E-state index in [2.05, 4.69) is 4.99 Å². The molecule has 0 unspecified atom stereocenters. The van der Waals surface area contributed by atoms with E-state index in [-0.39, 0.29) is 11.7 Å². The third kappa shape index (κ3) is 3.10. The molecule has 1 amide bonds. The fourth-order valence-electron chi connectivity index (χ4n) is 2.75. The average Bonchev–Trinajstić information content (AvgIpc) is 2.84. The molecule has 1 heterocycles. The zero-order chi connectivity index (χ0) is 18.0. The third-order valence-electron chi connectivity index (χ3n) is 4.23. The molecule has 3 rings (SSSR count). The van der Waals surface area contributed by atoms with E-state index in [0.29, 0.717) is 5.75 Å². The Morgan fingerprint density at radius 1 is 1.24 bits per heavy atom. The molecule has 0 fully saturated rings. The van der Waals surface area contributed by atoms with E-state index >= 15 is 0 Å². The molecule has 0 bridgehead atoms. The number of hydrogen-bond donors (Lipinski definition) is 1. The summed E-state index contributed by atoms with van der Waals surface area (Å²) in [6.45, 7) is 1.89. The van der Waals surface area contributed by atoms with Gasteiger partial charge in [0.25, 0.3) is 0 Å². The van der Waals surface area contributed by atoms with Gasteiger partial charge in [-0.05, 0) is 35.9 Å². The second-order valence-electron chi connectivity index (χ2n) is 5.76. The summed E-state index contributed by atoms with van der Waals surface area (Å²) >= 11 is 0. The monoisotopic (exact) mass is 338 g/mol. The maximum Gasteiger partial charge on any atom is 0.318 e. The highest BCUT2D eigenvalue weighted by atomic mass is 16.5. The Morgan fingerprint density at radius 2 is 1.96 bits per heavy atom. The van der Waals surface area contributed by atoms with Crippen LogP contribution in [0.3, 0.4) is 0 Å². The molecule has 1 aliphatic heterocycles. The third-order valence-corrected chi connectivity index (χ3v) is 4.23. The molecule has 1 atom stereocenters. The number of methoxy groups -OCH3 is 1. The van der Waals surface area contributed by atoms with Crippen molar-refractivity contribution in [3.63, 3.8) is 0 Å². The van der Waals surface area contributed by atoms with Gasteiger partial charge >= 0.3 is 5.91 Å². The fourth-order valence-corrected chi connectivity index (χ4v) is 2.75. The molecule has 0 saturated heterocycles. The minimum Gasteiger partial charge on any atom is -0.504 e. The van der Waals surface area contributed by atoms with E-state index in [1.165, 1.54) is 13.2 Å². The van der Waals surface area contributed by atoms with Crippen LogP contribution in [0.2, 0.25) is 0 Å². The number of hydrazine groups is 1. The number of rotatable bonds is 4. The van der Waals surface area contributed by atoms with Gasteiger partial charge in [-0.2, -0.15) is 0 Å². The SMILES string of the molecule is COc1cc(C=N[C@@H]2C(=O)N(c3ccccc3)[N+](C)=C2C)ccc1O. The maximum atomic E-state index is 12.8. The Morgan fingerprint density at radius 3 is 2.64 bits per heavy atom. The molecular formula is C19H20N3O3+. The molecule has 128 valence electrons. The standard InChI is InChI=1S/C19H19N3O3/c1-13-18(20-12-14-9-10-16(23)17(11-14)25-3)19(24)22(21(13)2)15-7-5-4-6-8-15/h4-12,18H,1-3H3/p+1/t18-/m0/s1. The summed E-state index contributed by atoms with van der Waals surface area (Å²) in [5, 5.41) is 11.3. The van der Waals surface area contributed by atoms with Gasteiger partial charge in [0.1, 0.15) is 5.69 Å². The van der Waals surface area contributed by atoms with Crippen molar-refractivity contribution >= 4 is 23.5 Å². The number of para-hydroxylation sites is 1. The van der Waals surface area contributed by atoms with E-state index in [1.54, 1.807) is 23.4 Å². The summed E-state index contributed by atoms with van der Waals surface area (Å²) in [6, 6.07) is 13.8. The molecule has 2 aromatic carbocycles. The number of carbonyl (C=O) groups is 1. The lowest BCUT2D eigenvalue weighted by atomic mass is 10.2. The normalized spacial score (nSPS) is 17.6. The summed E-state index contributed by atoms with van der Waals surface area (Å²) in [5.41, 5.74) is 2.39. The maximum absolute atomic E-state index is 12.8. The predicted octanol–water partition coefficient (Wildman–Crippen LogP) is 2.25. The fraction of sp³-hybridized carbons (Fsp3) is 0.211. The first-order valence-electron chi connectivity index (χ1n) is 7.89. The van der Waals surface area contributed by atoms with Crippen LogP contribution in [0.5, 0.6) is 11.5 Å². The van der Waals surface area contributed by atoms with Gasteiger partial charge in [0.2, 0.25) is 11.8 Å². The number of benzene rings is 2. The van der Waals surface area contributed by atoms with Crippen LogP contribution < -0.4 is 9.75 Å². The van der Waals surface area contributed by atoms with Gasteiger partial charge in [-0.1, -0.05) is 23.2 Å². The van der Waals surface area contributed by atoms with E-state index in [9.17, 15) is 9.90 Å². The lowest BCUT2D eigenvalue weighted by molar-refractivity contribution is -0.495. The molecule has 0 aromatic heterocycles. The van der Waals surface area contributed by atoms with Gasteiger partial charge in [-0.25, -0.2) is 0 Å². The van der Waals surface area contributed by atoms with Crippen LogP contribution in [0.15, 0.2) is 53.5 Å². The van der Waals surface area contributed by atoms with Crippen molar-refractivity contribution in [2.75, 3.05) is 19.2 Å². The molecule has 6 nitrogen and oxygen atoms in total. The molecule has 0 saturated carbocycles. The van der Waals surface area contributed by atoms with E-state index in [4.69, 9.17) is 4.74 Å². The Bertz CT molecular complexity index is 859. The highest BCUT2D eigenvalue weighted by Crippen LogP contribution is 2.26. The molecule has 0 spiro atoms. The number of phenolic OH excluding ortho intramolecular Hbond substituents is 1. The van der Waals surface area contributed by atoms with E-state index < -0.39 is 6.04 Å². The number of amides is 1. The Balaban J connectivity index is 1.87. The van der Waals surface area contributed by atoms with Gasteiger partial charge in [-0.15, -0.1) is 4.68 Å². The number of hydrazone groups is 1. The molecule has 1 N–H and O–H groups in total. The van der Waals surface area contributed by atoms with Crippen molar-refractivity contribution in [2.45, 2.75) is 13.0 Å². The number of carbonyl (C=O) groups excluding carboxylic acids is 1. The average molecular weight is 338 g/mol. The predicted molar refractivity (Wildman–Crippen MR) is 96.8 cm³/mol. The quantitative estimate of drug-likeness (QED) is 0.687. The lowest BCUT2D eigenvalue weighted by Crippen LogP contribution is -2.35. The van der Waals surface area contributed by atoms with Gasteiger partial charge in [0.05, 0.1) is 7.11 Å². The summed E-state index contributed by atoms with van der Waals surface area (Å²) in [6.07, 6.45) is 1.62. The van der Waals surface area contributed by atoms with Crippen LogP contribution in [-0.4, -0.2) is 47.8 Å². The molecule has 25 heavy (non-hydrogen) atoms. The number of ether oxygens (including phenoxy) is 1. The number of nitrogens with zero attached hydrogens (tertiary/aromatic N) is 3. The minimum atomic E-state index is -0.579. The first kappa shape index (κ1) is 16.7. The molecule has 0 radical (unpaired) electrons. The molecule has 6 heteroatoms. The Labute approximate surface area is 146 Å². The van der Waals surface area contributed by atoms with Crippen LogP contribution in [0, 0.1) is 0 Å². The minimum absolute atomic E-state index is 0.0642. The zero-order valence-electron chi connectivity index (χ0n) is 14.4. The van der Waals surface area contributed by atoms with Crippen molar-refractivity contribution in [1.29, 1.82) is 0 Å². The summed E-state index contributed by atoms with van der Waals surface area (Å²) in [5.74, 6) is 0.327. The molecule has 0 aliphatic carbocycles. The first-order valence-corrected chi connectivity index (χ1v) is 7.89. The number of hydrogen-bond acceptors (Lipinski definition) is 4. The molecular weight excluding hydrogens is 318 g/mol. The lowest BCUT2D eigenvalue weighted by Gasteiger charge is -2.10. The topological polar surface area (TPSA) is 65.1 Å². The van der Waals surface area contributed by atoms with E-state index in [1.807, 2.05) is 49.0 Å². The highest BCUT2D eigenvalue weighted by molar-refractivity contribution is 6.15.